The highest BCUT2D eigenvalue weighted by Crippen LogP contribution is 2.26. The summed E-state index contributed by atoms with van der Waals surface area (Å²) in [5.41, 5.74) is 1.82. The standard InChI is InChI=1S/C21H21ClN4O2/c22-19-12-23-8-7-20(19)28-18-2-1-10-26(14-18)21(27)17-5-3-16(4-6-17)13-25-11-9-24-15-25/h3-9,11-12,15,18H,1-2,10,13-14H2. The van der Waals surface area contributed by atoms with E-state index in [1.54, 1.807) is 31.0 Å². The van der Waals surface area contributed by atoms with Crippen LogP contribution >= 0.6 is 11.6 Å². The van der Waals surface area contributed by atoms with Crippen LogP contribution in [0.3, 0.4) is 0 Å². The number of hydrogen-bond donors (Lipinski definition) is 0. The van der Waals surface area contributed by atoms with Gasteiger partial charge in [0, 0.05) is 49.5 Å². The van der Waals surface area contributed by atoms with Gasteiger partial charge >= 0.3 is 0 Å². The van der Waals surface area contributed by atoms with E-state index >= 15 is 0 Å². The quantitative estimate of drug-likeness (QED) is 0.660. The Bertz CT molecular complexity index is 928. The molecule has 7 heteroatoms. The Balaban J connectivity index is 1.39. The van der Waals surface area contributed by atoms with E-state index in [0.717, 1.165) is 31.5 Å². The lowest BCUT2D eigenvalue weighted by Crippen LogP contribution is -2.44. The van der Waals surface area contributed by atoms with Crippen LogP contribution in [-0.2, 0) is 6.54 Å². The van der Waals surface area contributed by atoms with Crippen molar-refractivity contribution in [2.24, 2.45) is 0 Å². The van der Waals surface area contributed by atoms with E-state index in [2.05, 4.69) is 9.97 Å². The molecule has 0 bridgehead atoms. The molecule has 1 aromatic carbocycles. The molecule has 0 N–H and O–H groups in total. The van der Waals surface area contributed by atoms with Crippen LogP contribution in [0.1, 0.15) is 28.8 Å². The fourth-order valence-electron chi connectivity index (χ4n) is 3.38. The molecule has 1 unspecified atom stereocenters. The predicted molar refractivity (Wildman–Crippen MR) is 107 cm³/mol. The molecule has 4 rings (SSSR count). The van der Waals surface area contributed by atoms with E-state index in [4.69, 9.17) is 16.3 Å². The third-order valence-electron chi connectivity index (χ3n) is 4.82. The fraction of sp³-hybridized carbons (Fsp3) is 0.286. The number of ether oxygens (including phenoxy) is 1. The van der Waals surface area contributed by atoms with E-state index < -0.39 is 0 Å². The molecule has 1 aliphatic rings. The summed E-state index contributed by atoms with van der Waals surface area (Å²) in [5.74, 6) is 0.642. The lowest BCUT2D eigenvalue weighted by molar-refractivity contribution is 0.0538. The number of piperidine rings is 1. The third kappa shape index (κ3) is 4.34. The average molecular weight is 397 g/mol. The van der Waals surface area contributed by atoms with Gasteiger partial charge in [0.25, 0.3) is 5.91 Å². The molecule has 3 heterocycles. The van der Waals surface area contributed by atoms with Crippen molar-refractivity contribution in [1.29, 1.82) is 0 Å². The first kappa shape index (κ1) is 18.5. The molecule has 144 valence electrons. The van der Waals surface area contributed by atoms with Crippen LogP contribution in [-0.4, -0.2) is 44.5 Å². The number of amides is 1. The SMILES string of the molecule is O=C(c1ccc(Cn2ccnc2)cc1)N1CCCC(Oc2ccncc2Cl)C1. The Morgan fingerprint density at radius 2 is 2.04 bits per heavy atom. The first-order valence-electron chi connectivity index (χ1n) is 9.29. The lowest BCUT2D eigenvalue weighted by atomic mass is 10.1. The highest BCUT2D eigenvalue weighted by molar-refractivity contribution is 6.31. The molecule has 3 aromatic rings. The number of imidazole rings is 1. The molecule has 0 saturated carbocycles. The second kappa shape index (κ2) is 8.44. The summed E-state index contributed by atoms with van der Waals surface area (Å²) >= 11 is 6.13. The number of aromatic nitrogens is 3. The molecule has 6 nitrogen and oxygen atoms in total. The Morgan fingerprint density at radius 3 is 2.79 bits per heavy atom. The molecular weight excluding hydrogens is 376 g/mol. The van der Waals surface area contributed by atoms with Crippen molar-refractivity contribution >= 4 is 17.5 Å². The number of carbonyl (C=O) groups excluding carboxylic acids is 1. The van der Waals surface area contributed by atoms with E-state index in [-0.39, 0.29) is 12.0 Å². The van der Waals surface area contributed by atoms with Crippen molar-refractivity contribution in [3.8, 4) is 5.75 Å². The van der Waals surface area contributed by atoms with Gasteiger partial charge in [0.2, 0.25) is 0 Å². The van der Waals surface area contributed by atoms with Crippen LogP contribution in [0.5, 0.6) is 5.75 Å². The number of halogens is 1. The predicted octanol–water partition coefficient (Wildman–Crippen LogP) is 3.66. The normalized spacial score (nSPS) is 16.8. The molecule has 1 aliphatic heterocycles. The number of carbonyl (C=O) groups is 1. The van der Waals surface area contributed by atoms with Gasteiger partial charge in [0.15, 0.2) is 0 Å². The molecule has 1 amide bonds. The number of likely N-dealkylation sites (tertiary alicyclic amines) is 1. The van der Waals surface area contributed by atoms with Crippen LogP contribution in [0.15, 0.2) is 61.4 Å². The van der Waals surface area contributed by atoms with Crippen LogP contribution < -0.4 is 4.74 Å². The zero-order valence-electron chi connectivity index (χ0n) is 15.4. The summed E-state index contributed by atoms with van der Waals surface area (Å²) in [7, 11) is 0. The lowest BCUT2D eigenvalue weighted by Gasteiger charge is -2.33. The number of nitrogens with zero attached hydrogens (tertiary/aromatic N) is 4. The Hall–Kier alpha value is -2.86. The van der Waals surface area contributed by atoms with Gasteiger partial charge in [-0.1, -0.05) is 23.7 Å². The van der Waals surface area contributed by atoms with Crippen molar-refractivity contribution in [3.05, 3.63) is 77.6 Å². The van der Waals surface area contributed by atoms with Crippen molar-refractivity contribution in [2.75, 3.05) is 13.1 Å². The van der Waals surface area contributed by atoms with Gasteiger partial charge in [0.05, 0.1) is 12.9 Å². The van der Waals surface area contributed by atoms with Gasteiger partial charge in [-0.3, -0.25) is 9.78 Å². The van der Waals surface area contributed by atoms with Crippen LogP contribution in [0.2, 0.25) is 5.02 Å². The van der Waals surface area contributed by atoms with Crippen LogP contribution in [0.4, 0.5) is 0 Å². The minimum Gasteiger partial charge on any atom is -0.487 e. The Kier molecular flexibility index (Phi) is 5.58. The van der Waals surface area contributed by atoms with Crippen molar-refractivity contribution < 1.29 is 9.53 Å². The minimum atomic E-state index is -0.0712. The number of rotatable bonds is 5. The van der Waals surface area contributed by atoms with Gasteiger partial charge in [-0.25, -0.2) is 4.98 Å². The van der Waals surface area contributed by atoms with Crippen LogP contribution in [0, 0.1) is 0 Å². The van der Waals surface area contributed by atoms with E-state index in [0.29, 0.717) is 22.9 Å². The zero-order chi connectivity index (χ0) is 19.3. The zero-order valence-corrected chi connectivity index (χ0v) is 16.1. The first-order valence-corrected chi connectivity index (χ1v) is 9.67. The highest BCUT2D eigenvalue weighted by Gasteiger charge is 2.26. The van der Waals surface area contributed by atoms with Gasteiger partial charge in [0.1, 0.15) is 16.9 Å². The molecule has 1 fully saturated rings. The average Bonchev–Trinajstić information content (AvgIpc) is 3.23. The Labute approximate surface area is 168 Å². The summed E-state index contributed by atoms with van der Waals surface area (Å²) in [6, 6.07) is 9.50. The maximum Gasteiger partial charge on any atom is 0.253 e. The maximum absolute atomic E-state index is 12.9. The van der Waals surface area contributed by atoms with Gasteiger partial charge < -0.3 is 14.2 Å². The second-order valence-corrected chi connectivity index (χ2v) is 7.28. The first-order chi connectivity index (χ1) is 13.7. The monoisotopic (exact) mass is 396 g/mol. The largest absolute Gasteiger partial charge is 0.487 e. The van der Waals surface area contributed by atoms with E-state index in [1.807, 2.05) is 39.9 Å². The summed E-state index contributed by atoms with van der Waals surface area (Å²) in [6.07, 6.45) is 10.4. The summed E-state index contributed by atoms with van der Waals surface area (Å²) < 4.78 is 8.00. The highest BCUT2D eigenvalue weighted by atomic mass is 35.5. The van der Waals surface area contributed by atoms with Gasteiger partial charge in [-0.05, 0) is 30.5 Å². The molecule has 28 heavy (non-hydrogen) atoms. The molecule has 0 radical (unpaired) electrons. The van der Waals surface area contributed by atoms with Gasteiger partial charge in [-0.2, -0.15) is 0 Å². The fourth-order valence-corrected chi connectivity index (χ4v) is 3.55. The van der Waals surface area contributed by atoms with Crippen LogP contribution in [0.25, 0.3) is 0 Å². The molecule has 2 aromatic heterocycles. The van der Waals surface area contributed by atoms with E-state index in [9.17, 15) is 4.79 Å². The Morgan fingerprint density at radius 1 is 1.18 bits per heavy atom. The van der Waals surface area contributed by atoms with Crippen molar-refractivity contribution in [1.82, 2.24) is 19.4 Å². The maximum atomic E-state index is 12.9. The second-order valence-electron chi connectivity index (χ2n) is 6.87. The summed E-state index contributed by atoms with van der Waals surface area (Å²) in [6.45, 7) is 2.02. The number of benzene rings is 1. The molecule has 0 aliphatic carbocycles. The van der Waals surface area contributed by atoms with E-state index in [1.165, 1.54) is 0 Å². The molecule has 0 spiro atoms. The third-order valence-corrected chi connectivity index (χ3v) is 5.10. The van der Waals surface area contributed by atoms with Crippen molar-refractivity contribution in [2.45, 2.75) is 25.5 Å². The number of hydrogen-bond acceptors (Lipinski definition) is 4. The summed E-state index contributed by atoms with van der Waals surface area (Å²) in [4.78, 5) is 22.8. The topological polar surface area (TPSA) is 60.2 Å². The summed E-state index contributed by atoms with van der Waals surface area (Å²) in [5, 5.41) is 0.486. The smallest absolute Gasteiger partial charge is 0.253 e. The molecular formula is C21H21ClN4O2. The number of pyridine rings is 1. The molecule has 1 saturated heterocycles. The van der Waals surface area contributed by atoms with Gasteiger partial charge in [-0.15, -0.1) is 0 Å². The van der Waals surface area contributed by atoms with Crippen molar-refractivity contribution in [3.63, 3.8) is 0 Å². The minimum absolute atomic E-state index is 0.0308. The molecule has 1 atom stereocenters.